The summed E-state index contributed by atoms with van der Waals surface area (Å²) in [7, 11) is -1.59. The number of Topliss-reactive ketones (excluding diaryl/α,β-unsaturated/α-hetero) is 4. The van der Waals surface area contributed by atoms with Gasteiger partial charge in [-0.3, -0.25) is 24.0 Å². The van der Waals surface area contributed by atoms with Crippen LogP contribution < -0.4 is 0 Å². The summed E-state index contributed by atoms with van der Waals surface area (Å²) in [6, 6.07) is 0.602. The minimum atomic E-state index is -2.59. The van der Waals surface area contributed by atoms with Crippen LogP contribution in [0.1, 0.15) is 53.4 Å². The molecule has 0 bridgehead atoms. The number of esters is 1. The van der Waals surface area contributed by atoms with Crippen LogP contribution in [-0.4, -0.2) is 65.7 Å². The molecule has 1 saturated carbocycles. The highest BCUT2D eigenvalue weighted by atomic mass is 28.3. The average Bonchev–Trinajstić information content (AvgIpc) is 3.50. The molecule has 1 N–H and O–H groups in total. The number of hydrogen-bond acceptors (Lipinski definition) is 8. The lowest BCUT2D eigenvalue weighted by Gasteiger charge is -2.41. The molecule has 1 aliphatic heterocycles. The van der Waals surface area contributed by atoms with Gasteiger partial charge in [-0.25, -0.2) is 0 Å². The molecule has 2 rings (SSSR count). The monoisotopic (exact) mass is 506 g/mol. The molecule has 0 unspecified atom stereocenters. The van der Waals surface area contributed by atoms with Crippen molar-refractivity contribution in [2.45, 2.75) is 95.9 Å². The van der Waals surface area contributed by atoms with Crippen molar-refractivity contribution in [3.63, 3.8) is 0 Å². The molecule has 4 atom stereocenters. The van der Waals surface area contributed by atoms with E-state index in [4.69, 9.17) is 9.47 Å². The minimum Gasteiger partial charge on any atom is -0.465 e. The number of ketones is 4. The predicted molar refractivity (Wildman–Crippen MR) is 133 cm³/mol. The number of aliphatic hydroxyl groups is 1. The fourth-order valence-corrected chi connectivity index (χ4v) is 5.47. The zero-order chi connectivity index (χ0) is 26.9. The van der Waals surface area contributed by atoms with Gasteiger partial charge >= 0.3 is 5.97 Å². The largest absolute Gasteiger partial charge is 0.465 e. The Labute approximate surface area is 208 Å². The molecule has 0 aromatic carbocycles. The van der Waals surface area contributed by atoms with E-state index in [9.17, 15) is 29.1 Å². The van der Waals surface area contributed by atoms with Crippen molar-refractivity contribution in [2.75, 3.05) is 6.61 Å². The van der Waals surface area contributed by atoms with E-state index in [1.807, 2.05) is 0 Å². The molecule has 0 spiro atoms. The molecule has 0 amide bonds. The quantitative estimate of drug-likeness (QED) is 0.141. The first-order valence-corrected chi connectivity index (χ1v) is 15.8. The van der Waals surface area contributed by atoms with Gasteiger partial charge in [-0.05, 0) is 46.6 Å². The zero-order valence-corrected chi connectivity index (χ0v) is 22.9. The van der Waals surface area contributed by atoms with Crippen LogP contribution in [0.3, 0.4) is 0 Å². The van der Waals surface area contributed by atoms with Gasteiger partial charge in [0.15, 0.2) is 28.4 Å². The number of fused-ring (bicyclic) bond motifs is 1. The number of ether oxygens (including phenoxy) is 2. The van der Waals surface area contributed by atoms with Crippen LogP contribution in [0, 0.1) is 5.41 Å². The molecule has 2 fully saturated rings. The van der Waals surface area contributed by atoms with Gasteiger partial charge in [0, 0.05) is 20.9 Å². The molecule has 35 heavy (non-hydrogen) atoms. The Bertz CT molecular complexity index is 972. The highest BCUT2D eigenvalue weighted by molar-refractivity contribution is 6.76. The number of allylic oxidation sites excluding steroid dienone is 4. The third-order valence-electron chi connectivity index (χ3n) is 6.94. The lowest BCUT2D eigenvalue weighted by Crippen LogP contribution is -2.73. The van der Waals surface area contributed by atoms with E-state index < -0.39 is 59.4 Å². The van der Waals surface area contributed by atoms with Gasteiger partial charge in [0.05, 0.1) is 6.61 Å². The maximum absolute atomic E-state index is 13.9. The molecular weight excluding hydrogens is 468 g/mol. The summed E-state index contributed by atoms with van der Waals surface area (Å²) in [4.78, 5) is 67.3. The van der Waals surface area contributed by atoms with Crippen molar-refractivity contribution < 1.29 is 38.6 Å². The van der Waals surface area contributed by atoms with Gasteiger partial charge in [0.2, 0.25) is 17.0 Å². The normalized spacial score (nSPS) is 32.7. The van der Waals surface area contributed by atoms with Crippen molar-refractivity contribution in [3.05, 3.63) is 24.3 Å². The third kappa shape index (κ3) is 4.54. The molecule has 2 aliphatic rings. The molecule has 194 valence electrons. The van der Waals surface area contributed by atoms with Crippen LogP contribution >= 0.6 is 0 Å². The second kappa shape index (κ2) is 10.0. The number of rotatable bonds is 12. The van der Waals surface area contributed by atoms with Crippen LogP contribution in [-0.2, 0) is 33.4 Å². The van der Waals surface area contributed by atoms with Gasteiger partial charge in [-0.2, -0.15) is 0 Å². The first kappa shape index (κ1) is 29.0. The summed E-state index contributed by atoms with van der Waals surface area (Å²) in [6.45, 7) is 11.9. The molecule has 0 aromatic rings. The fraction of sp³-hybridized carbons (Fsp3) is 0.654. The molecular formula is C26H38O8Si. The Balaban J connectivity index is 2.55. The molecule has 0 radical (unpaired) electrons. The predicted octanol–water partition coefficient (Wildman–Crippen LogP) is 3.14. The molecule has 9 heteroatoms. The van der Waals surface area contributed by atoms with Crippen molar-refractivity contribution >= 4 is 37.2 Å². The first-order valence-electron chi connectivity index (χ1n) is 12.1. The van der Waals surface area contributed by atoms with E-state index in [0.29, 0.717) is 6.04 Å². The second-order valence-electron chi connectivity index (χ2n) is 10.8. The second-order valence-corrected chi connectivity index (χ2v) is 16.4. The molecule has 0 aromatic heterocycles. The number of epoxide rings is 1. The van der Waals surface area contributed by atoms with Gasteiger partial charge < -0.3 is 14.6 Å². The topological polar surface area (TPSA) is 127 Å². The number of carbonyl (C=O) groups is 5. The Hall–Kier alpha value is -2.23. The smallest absolute Gasteiger partial charge is 0.327 e. The lowest BCUT2D eigenvalue weighted by atomic mass is 9.55. The van der Waals surface area contributed by atoms with Gasteiger partial charge in [-0.1, -0.05) is 43.9 Å². The Morgan fingerprint density at radius 2 is 1.46 bits per heavy atom. The van der Waals surface area contributed by atoms with Gasteiger partial charge in [0.1, 0.15) is 0 Å². The number of hydrogen-bond donors (Lipinski definition) is 1. The third-order valence-corrected chi connectivity index (χ3v) is 8.65. The van der Waals surface area contributed by atoms with Crippen molar-refractivity contribution in [1.29, 1.82) is 0 Å². The molecule has 1 saturated heterocycles. The SMILES string of the molecule is C/C=C/CCC(=O)[C@@]12O[C@]1(C(=O)CC/C=C/C)[C@](C)(O)C(=O)[C@](C)(C(=O)OCC[Si](C)(C)C)C2=O. The van der Waals surface area contributed by atoms with Crippen LogP contribution in [0.25, 0.3) is 0 Å². The van der Waals surface area contributed by atoms with E-state index in [-0.39, 0.29) is 32.3 Å². The van der Waals surface area contributed by atoms with Crippen molar-refractivity contribution in [3.8, 4) is 0 Å². The van der Waals surface area contributed by atoms with Crippen LogP contribution in [0.5, 0.6) is 0 Å². The molecule has 8 nitrogen and oxygen atoms in total. The van der Waals surface area contributed by atoms with E-state index in [1.165, 1.54) is 0 Å². The van der Waals surface area contributed by atoms with Crippen LogP contribution in [0.15, 0.2) is 24.3 Å². The van der Waals surface area contributed by atoms with Crippen LogP contribution in [0.2, 0.25) is 25.7 Å². The summed E-state index contributed by atoms with van der Waals surface area (Å²) in [5.41, 5.74) is -9.84. The van der Waals surface area contributed by atoms with Crippen molar-refractivity contribution in [1.82, 2.24) is 0 Å². The summed E-state index contributed by atoms with van der Waals surface area (Å²) in [5.74, 6) is -4.94. The first-order chi connectivity index (χ1) is 16.1. The van der Waals surface area contributed by atoms with E-state index in [0.717, 1.165) is 13.8 Å². The highest BCUT2D eigenvalue weighted by Gasteiger charge is 2.94. The minimum absolute atomic E-state index is 0.00335. The highest BCUT2D eigenvalue weighted by Crippen LogP contribution is 2.64. The fourth-order valence-electron chi connectivity index (χ4n) is 4.75. The van der Waals surface area contributed by atoms with E-state index in [1.54, 1.807) is 38.2 Å². The van der Waals surface area contributed by atoms with Crippen molar-refractivity contribution in [2.24, 2.45) is 5.41 Å². The Kier molecular flexibility index (Phi) is 8.31. The van der Waals surface area contributed by atoms with Crippen LogP contribution in [0.4, 0.5) is 0 Å². The summed E-state index contributed by atoms with van der Waals surface area (Å²) in [6.07, 6.45) is 7.13. The molecule has 1 aliphatic carbocycles. The Morgan fingerprint density at radius 1 is 0.943 bits per heavy atom. The van der Waals surface area contributed by atoms with E-state index >= 15 is 0 Å². The maximum atomic E-state index is 13.9. The van der Waals surface area contributed by atoms with Gasteiger partial charge in [-0.15, -0.1) is 0 Å². The maximum Gasteiger partial charge on any atom is 0.327 e. The van der Waals surface area contributed by atoms with Gasteiger partial charge in [0.25, 0.3) is 0 Å². The standard InChI is InChI=1S/C26H38O8Si/c1-8-10-12-14-18(27)25-21(30)23(3,22(31)33-16-17-35(5,6)7)20(29)24(4,32)26(25,34-25)19(28)15-13-11-9-2/h8-11,32H,12-17H2,1-7H3/b10-8+,11-9+/t23-,24+,25-,26+/m0/s1. The summed E-state index contributed by atoms with van der Waals surface area (Å²) in [5, 5.41) is 11.4. The summed E-state index contributed by atoms with van der Waals surface area (Å²) >= 11 is 0. The van der Waals surface area contributed by atoms with E-state index in [2.05, 4.69) is 19.6 Å². The molecule has 1 heterocycles. The average molecular weight is 507 g/mol. The Morgan fingerprint density at radius 3 is 1.94 bits per heavy atom. The number of carbonyl (C=O) groups excluding carboxylic acids is 5. The lowest BCUT2D eigenvalue weighted by molar-refractivity contribution is -0.178. The summed E-state index contributed by atoms with van der Waals surface area (Å²) < 4.78 is 11.0. The zero-order valence-electron chi connectivity index (χ0n) is 21.9.